The number of hydrogen-bond acceptors (Lipinski definition) is 1. The molecular weight excluding hydrogens is 287 g/mol. The van der Waals surface area contributed by atoms with Gasteiger partial charge in [-0.3, -0.25) is 4.79 Å². The minimum absolute atomic E-state index is 0.0560. The van der Waals surface area contributed by atoms with E-state index in [1.54, 1.807) is 12.1 Å². The third-order valence-electron chi connectivity index (χ3n) is 4.47. The molecule has 0 spiro atoms. The number of hydrogen-bond donors (Lipinski definition) is 0. The maximum atomic E-state index is 13.9. The average molecular weight is 303 g/mol. The van der Waals surface area contributed by atoms with Crippen LogP contribution in [0.25, 0.3) is 0 Å². The first-order valence-corrected chi connectivity index (χ1v) is 7.53. The van der Waals surface area contributed by atoms with Gasteiger partial charge in [-0.1, -0.05) is 54.4 Å². The Bertz CT molecular complexity index is 642. The van der Waals surface area contributed by atoms with Gasteiger partial charge in [0.2, 0.25) is 0 Å². The van der Waals surface area contributed by atoms with Crippen molar-refractivity contribution in [1.82, 2.24) is 0 Å². The van der Waals surface area contributed by atoms with Crippen molar-refractivity contribution in [2.75, 3.05) is 0 Å². The fourth-order valence-corrected chi connectivity index (χ4v) is 3.28. The lowest BCUT2D eigenvalue weighted by molar-refractivity contribution is -0.127. The molecule has 0 aliphatic heterocycles. The van der Waals surface area contributed by atoms with Gasteiger partial charge in [0.25, 0.3) is 0 Å². The van der Waals surface area contributed by atoms with Crippen LogP contribution >= 0.6 is 11.6 Å². The maximum absolute atomic E-state index is 13.9. The molecule has 0 bridgehead atoms. The van der Waals surface area contributed by atoms with Crippen LogP contribution in [0.3, 0.4) is 0 Å². The molecule has 1 aliphatic rings. The van der Waals surface area contributed by atoms with E-state index in [0.717, 1.165) is 24.8 Å². The van der Waals surface area contributed by atoms with E-state index in [0.29, 0.717) is 10.6 Å². The lowest BCUT2D eigenvalue weighted by Crippen LogP contribution is -2.43. The van der Waals surface area contributed by atoms with Crippen LogP contribution in [0.15, 0.2) is 48.5 Å². The van der Waals surface area contributed by atoms with Gasteiger partial charge in [0.05, 0.1) is 5.41 Å². The molecule has 0 radical (unpaired) electrons. The van der Waals surface area contributed by atoms with Crippen molar-refractivity contribution >= 4 is 17.4 Å². The molecule has 2 aromatic rings. The molecule has 1 nitrogen and oxygen atoms in total. The van der Waals surface area contributed by atoms with E-state index in [1.807, 2.05) is 30.3 Å². The zero-order valence-electron chi connectivity index (χ0n) is 11.6. The molecule has 3 rings (SSSR count). The SMILES string of the molecule is O=C(Cc1c(F)cccc1Cl)C1(c2ccccc2)CCC1. The van der Waals surface area contributed by atoms with E-state index in [4.69, 9.17) is 11.6 Å². The van der Waals surface area contributed by atoms with E-state index in [9.17, 15) is 9.18 Å². The third-order valence-corrected chi connectivity index (χ3v) is 4.82. The summed E-state index contributed by atoms with van der Waals surface area (Å²) >= 11 is 6.04. The fourth-order valence-electron chi connectivity index (χ4n) is 3.05. The van der Waals surface area contributed by atoms with Crippen molar-refractivity contribution in [3.05, 3.63) is 70.5 Å². The van der Waals surface area contributed by atoms with Gasteiger partial charge < -0.3 is 0 Å². The predicted octanol–water partition coefficient (Wildman–Crippen LogP) is 4.71. The smallest absolute Gasteiger partial charge is 0.147 e. The molecule has 1 fully saturated rings. The number of carbonyl (C=O) groups excluding carboxylic acids is 1. The van der Waals surface area contributed by atoms with Crippen LogP contribution in [0.1, 0.15) is 30.4 Å². The van der Waals surface area contributed by atoms with Crippen molar-refractivity contribution in [1.29, 1.82) is 0 Å². The monoisotopic (exact) mass is 302 g/mol. The Hall–Kier alpha value is -1.67. The highest BCUT2D eigenvalue weighted by atomic mass is 35.5. The van der Waals surface area contributed by atoms with Gasteiger partial charge in [0.1, 0.15) is 11.6 Å². The van der Waals surface area contributed by atoms with Gasteiger partial charge >= 0.3 is 0 Å². The van der Waals surface area contributed by atoms with E-state index >= 15 is 0 Å². The molecule has 108 valence electrons. The van der Waals surface area contributed by atoms with E-state index in [-0.39, 0.29) is 12.2 Å². The van der Waals surface area contributed by atoms with Crippen LogP contribution in [0.2, 0.25) is 5.02 Å². The van der Waals surface area contributed by atoms with Gasteiger partial charge in [-0.25, -0.2) is 4.39 Å². The first-order valence-electron chi connectivity index (χ1n) is 7.15. The average Bonchev–Trinajstić information content (AvgIpc) is 2.43. The summed E-state index contributed by atoms with van der Waals surface area (Å²) in [6.45, 7) is 0. The molecule has 0 heterocycles. The molecule has 2 aromatic carbocycles. The summed E-state index contributed by atoms with van der Waals surface area (Å²) in [6.07, 6.45) is 2.76. The summed E-state index contributed by atoms with van der Waals surface area (Å²) in [7, 11) is 0. The van der Waals surface area contributed by atoms with E-state index in [2.05, 4.69) is 0 Å². The molecule has 3 heteroatoms. The largest absolute Gasteiger partial charge is 0.298 e. The van der Waals surface area contributed by atoms with E-state index in [1.165, 1.54) is 6.07 Å². The fraction of sp³-hybridized carbons (Fsp3) is 0.278. The van der Waals surface area contributed by atoms with Gasteiger partial charge in [-0.05, 0) is 30.5 Å². The third kappa shape index (κ3) is 2.49. The second-order valence-corrected chi connectivity index (χ2v) is 6.01. The highest BCUT2D eigenvalue weighted by Gasteiger charge is 2.45. The summed E-state index contributed by atoms with van der Waals surface area (Å²) < 4.78 is 13.9. The van der Waals surface area contributed by atoms with Crippen LogP contribution in [0.5, 0.6) is 0 Å². The summed E-state index contributed by atoms with van der Waals surface area (Å²) in [5, 5.41) is 0.325. The Morgan fingerprint density at radius 2 is 1.81 bits per heavy atom. The first-order chi connectivity index (χ1) is 10.1. The van der Waals surface area contributed by atoms with Crippen molar-refractivity contribution < 1.29 is 9.18 Å². The molecule has 0 saturated heterocycles. The molecule has 0 aromatic heterocycles. The Labute approximate surface area is 128 Å². The number of halogens is 2. The minimum Gasteiger partial charge on any atom is -0.298 e. The Kier molecular flexibility index (Phi) is 3.81. The molecule has 0 atom stereocenters. The van der Waals surface area contributed by atoms with Crippen molar-refractivity contribution in [3.8, 4) is 0 Å². The zero-order chi connectivity index (χ0) is 14.9. The minimum atomic E-state index is -0.452. The number of benzene rings is 2. The second kappa shape index (κ2) is 5.61. The van der Waals surface area contributed by atoms with Crippen LogP contribution in [0.4, 0.5) is 4.39 Å². The summed E-state index contributed by atoms with van der Waals surface area (Å²) in [5.41, 5.74) is 0.896. The van der Waals surface area contributed by atoms with Gasteiger partial charge in [0, 0.05) is 17.0 Å². The number of rotatable bonds is 4. The summed E-state index contributed by atoms with van der Waals surface area (Å²) in [4.78, 5) is 12.8. The van der Waals surface area contributed by atoms with Crippen molar-refractivity contribution in [2.45, 2.75) is 31.1 Å². The molecule has 21 heavy (non-hydrogen) atoms. The van der Waals surface area contributed by atoms with Crippen LogP contribution in [-0.4, -0.2) is 5.78 Å². The Balaban J connectivity index is 1.91. The lowest BCUT2D eigenvalue weighted by Gasteiger charge is -2.41. The molecular formula is C18H16ClFO. The normalized spacial score (nSPS) is 16.3. The molecule has 1 aliphatic carbocycles. The lowest BCUT2D eigenvalue weighted by atomic mass is 9.61. The molecule has 0 N–H and O–H groups in total. The zero-order valence-corrected chi connectivity index (χ0v) is 12.4. The molecule has 0 amide bonds. The van der Waals surface area contributed by atoms with Gasteiger partial charge in [-0.2, -0.15) is 0 Å². The van der Waals surface area contributed by atoms with Crippen LogP contribution in [0, 0.1) is 5.82 Å². The first kappa shape index (κ1) is 14.3. The Morgan fingerprint density at radius 1 is 1.10 bits per heavy atom. The van der Waals surface area contributed by atoms with Crippen molar-refractivity contribution in [2.24, 2.45) is 0 Å². The standard InChI is InChI=1S/C18H16ClFO/c19-15-8-4-9-16(20)14(15)12-17(21)18(10-5-11-18)13-6-2-1-3-7-13/h1-4,6-9H,5,10-12H2. The quantitative estimate of drug-likeness (QED) is 0.799. The molecule has 1 saturated carbocycles. The van der Waals surface area contributed by atoms with Crippen molar-refractivity contribution in [3.63, 3.8) is 0 Å². The van der Waals surface area contributed by atoms with E-state index < -0.39 is 11.2 Å². The highest BCUT2D eigenvalue weighted by Crippen LogP contribution is 2.45. The topological polar surface area (TPSA) is 17.1 Å². The predicted molar refractivity (Wildman–Crippen MR) is 82.1 cm³/mol. The number of ketones is 1. The number of carbonyl (C=O) groups is 1. The van der Waals surface area contributed by atoms with Crippen LogP contribution in [-0.2, 0) is 16.6 Å². The van der Waals surface area contributed by atoms with Crippen LogP contribution < -0.4 is 0 Å². The summed E-state index contributed by atoms with van der Waals surface area (Å²) in [5.74, 6) is -0.342. The van der Waals surface area contributed by atoms with Gasteiger partial charge in [-0.15, -0.1) is 0 Å². The number of Topliss-reactive ketones (excluding diaryl/α,β-unsaturated/α-hetero) is 1. The Morgan fingerprint density at radius 3 is 2.38 bits per heavy atom. The van der Waals surface area contributed by atoms with Gasteiger partial charge in [0.15, 0.2) is 0 Å². The second-order valence-electron chi connectivity index (χ2n) is 5.60. The highest BCUT2D eigenvalue weighted by molar-refractivity contribution is 6.31. The maximum Gasteiger partial charge on any atom is 0.147 e. The molecule has 0 unspecified atom stereocenters. The summed E-state index contributed by atoms with van der Waals surface area (Å²) in [6, 6.07) is 14.3.